The summed E-state index contributed by atoms with van der Waals surface area (Å²) in [7, 11) is -7.66. The van der Waals surface area contributed by atoms with Gasteiger partial charge in [-0.25, -0.2) is 21.8 Å². The van der Waals surface area contributed by atoms with Crippen LogP contribution in [0.15, 0.2) is 105 Å². The highest BCUT2D eigenvalue weighted by Crippen LogP contribution is 2.29. The zero-order chi connectivity index (χ0) is 26.2. The van der Waals surface area contributed by atoms with Crippen LogP contribution in [0.25, 0.3) is 22.6 Å². The first-order valence-electron chi connectivity index (χ1n) is 10.7. The number of nitrogens with one attached hydrogen (secondary N) is 2. The Balaban J connectivity index is 1.35. The number of oxazole rings is 1. The molecule has 0 aliphatic rings. The number of hydrogen-bond donors (Lipinski definition) is 2. The van der Waals surface area contributed by atoms with Crippen molar-refractivity contribution < 1.29 is 21.3 Å². The molecule has 2 N–H and O–H groups in total. The van der Waals surface area contributed by atoms with E-state index in [0.29, 0.717) is 38.1 Å². The summed E-state index contributed by atoms with van der Waals surface area (Å²) in [6.45, 7) is 0. The minimum atomic E-state index is -3.85. The third-order valence-corrected chi connectivity index (χ3v) is 8.46. The Labute approximate surface area is 223 Å². The number of fused-ring (bicyclic) bond motifs is 1. The maximum Gasteiger partial charge on any atom is 0.261 e. The topological polar surface area (TPSA) is 118 Å². The summed E-state index contributed by atoms with van der Waals surface area (Å²) in [4.78, 5) is 4.53. The van der Waals surface area contributed by atoms with Crippen LogP contribution in [0.1, 0.15) is 0 Å². The van der Waals surface area contributed by atoms with E-state index < -0.39 is 20.0 Å². The number of aromatic nitrogens is 1. The van der Waals surface area contributed by atoms with Gasteiger partial charge in [0.25, 0.3) is 20.0 Å². The molecule has 5 aromatic rings. The summed E-state index contributed by atoms with van der Waals surface area (Å²) in [5.41, 5.74) is 2.14. The van der Waals surface area contributed by atoms with Crippen LogP contribution in [0.2, 0.25) is 10.0 Å². The fourth-order valence-electron chi connectivity index (χ4n) is 3.49. The van der Waals surface area contributed by atoms with Gasteiger partial charge in [0.15, 0.2) is 5.58 Å². The summed E-state index contributed by atoms with van der Waals surface area (Å²) in [5, 5.41) is 0.623. The maximum atomic E-state index is 12.7. The third kappa shape index (κ3) is 5.57. The SMILES string of the molecule is O=S(=O)(Nc1ccc(-c2nc3cc(NS(=O)(=O)c4cccc(Cl)c4)ccc3o2)cc1)c1cccc(Cl)c1. The number of halogens is 2. The van der Waals surface area contributed by atoms with Gasteiger partial charge in [-0.05, 0) is 78.9 Å². The molecule has 0 radical (unpaired) electrons. The second kappa shape index (κ2) is 9.71. The third-order valence-electron chi connectivity index (χ3n) is 5.24. The van der Waals surface area contributed by atoms with Crippen molar-refractivity contribution in [1.29, 1.82) is 0 Å². The van der Waals surface area contributed by atoms with Crippen molar-refractivity contribution in [3.8, 4) is 11.5 Å². The minimum Gasteiger partial charge on any atom is -0.436 e. The molecular weight excluding hydrogens is 557 g/mol. The molecule has 0 aliphatic carbocycles. The van der Waals surface area contributed by atoms with Crippen LogP contribution >= 0.6 is 23.2 Å². The van der Waals surface area contributed by atoms with E-state index in [1.165, 1.54) is 24.3 Å². The highest BCUT2D eigenvalue weighted by molar-refractivity contribution is 7.93. The van der Waals surface area contributed by atoms with Crippen LogP contribution < -0.4 is 9.44 Å². The smallest absolute Gasteiger partial charge is 0.261 e. The molecule has 188 valence electrons. The highest BCUT2D eigenvalue weighted by atomic mass is 35.5. The van der Waals surface area contributed by atoms with Crippen LogP contribution in [0, 0.1) is 0 Å². The summed E-state index contributed by atoms with van der Waals surface area (Å²) >= 11 is 11.8. The van der Waals surface area contributed by atoms with E-state index in [9.17, 15) is 16.8 Å². The second-order valence-electron chi connectivity index (χ2n) is 7.90. The summed E-state index contributed by atoms with van der Waals surface area (Å²) < 4.78 is 61.4. The second-order valence-corrected chi connectivity index (χ2v) is 12.1. The van der Waals surface area contributed by atoms with Gasteiger partial charge in [-0.2, -0.15) is 0 Å². The predicted molar refractivity (Wildman–Crippen MR) is 144 cm³/mol. The van der Waals surface area contributed by atoms with E-state index in [1.54, 1.807) is 66.7 Å². The van der Waals surface area contributed by atoms with Gasteiger partial charge in [0.2, 0.25) is 5.89 Å². The number of hydrogen-bond acceptors (Lipinski definition) is 6. The number of rotatable bonds is 7. The molecule has 1 heterocycles. The molecule has 0 atom stereocenters. The fourth-order valence-corrected chi connectivity index (χ4v) is 6.20. The van der Waals surface area contributed by atoms with Gasteiger partial charge < -0.3 is 4.42 Å². The molecule has 0 unspecified atom stereocenters. The first-order chi connectivity index (χ1) is 17.6. The molecule has 8 nitrogen and oxygen atoms in total. The molecule has 37 heavy (non-hydrogen) atoms. The van der Waals surface area contributed by atoms with Crippen molar-refractivity contribution in [2.75, 3.05) is 9.44 Å². The molecule has 12 heteroatoms. The number of nitrogens with zero attached hydrogens (tertiary/aromatic N) is 1. The lowest BCUT2D eigenvalue weighted by Gasteiger charge is -2.08. The standard InChI is InChI=1S/C25H17Cl2N3O5S2/c26-17-3-1-5-21(13-17)36(31,32)29-19-9-7-16(8-10-19)25-28-23-15-20(11-12-24(23)35-25)30-37(33,34)22-6-2-4-18(27)14-22/h1-15,29-30H. The fraction of sp³-hybridized carbons (Fsp3) is 0. The van der Waals surface area contributed by atoms with Crippen LogP contribution in [-0.4, -0.2) is 21.8 Å². The Morgan fingerprint density at radius 2 is 1.19 bits per heavy atom. The molecule has 0 saturated carbocycles. The lowest BCUT2D eigenvalue weighted by Crippen LogP contribution is -2.12. The average molecular weight is 574 g/mol. The Morgan fingerprint density at radius 3 is 1.76 bits per heavy atom. The lowest BCUT2D eigenvalue weighted by molar-refractivity contribution is 0.599. The highest BCUT2D eigenvalue weighted by Gasteiger charge is 2.17. The van der Waals surface area contributed by atoms with E-state index in [1.807, 2.05) is 0 Å². The number of anilines is 2. The van der Waals surface area contributed by atoms with Crippen LogP contribution in [-0.2, 0) is 20.0 Å². The lowest BCUT2D eigenvalue weighted by atomic mass is 10.2. The summed E-state index contributed by atoms with van der Waals surface area (Å²) in [6, 6.07) is 23.1. The number of sulfonamides is 2. The molecular formula is C25H17Cl2N3O5S2. The van der Waals surface area contributed by atoms with Crippen molar-refractivity contribution in [3.63, 3.8) is 0 Å². The van der Waals surface area contributed by atoms with Crippen LogP contribution in [0.3, 0.4) is 0 Å². The van der Waals surface area contributed by atoms with Gasteiger partial charge in [0.1, 0.15) is 5.52 Å². The van der Waals surface area contributed by atoms with Crippen LogP contribution in [0.4, 0.5) is 11.4 Å². The first kappa shape index (κ1) is 25.1. The minimum absolute atomic E-state index is 0.0343. The molecule has 0 amide bonds. The molecule has 0 bridgehead atoms. The van der Waals surface area contributed by atoms with Gasteiger partial charge >= 0.3 is 0 Å². The van der Waals surface area contributed by atoms with E-state index in [2.05, 4.69) is 14.4 Å². The van der Waals surface area contributed by atoms with E-state index in [4.69, 9.17) is 27.6 Å². The molecule has 4 aromatic carbocycles. The largest absolute Gasteiger partial charge is 0.436 e. The zero-order valence-corrected chi connectivity index (χ0v) is 21.9. The Hall–Kier alpha value is -3.57. The molecule has 1 aromatic heterocycles. The molecule has 5 rings (SSSR count). The van der Waals surface area contributed by atoms with Crippen molar-refractivity contribution in [2.24, 2.45) is 0 Å². The summed E-state index contributed by atoms with van der Waals surface area (Å²) in [5.74, 6) is 0.286. The average Bonchev–Trinajstić information content (AvgIpc) is 3.27. The molecule has 0 saturated heterocycles. The maximum absolute atomic E-state index is 12.7. The molecule has 0 spiro atoms. The van der Waals surface area contributed by atoms with Gasteiger partial charge in [0.05, 0.1) is 15.5 Å². The van der Waals surface area contributed by atoms with Gasteiger partial charge in [0, 0.05) is 21.3 Å². The first-order valence-corrected chi connectivity index (χ1v) is 14.4. The van der Waals surface area contributed by atoms with Gasteiger partial charge in [-0.1, -0.05) is 35.3 Å². The van der Waals surface area contributed by atoms with E-state index >= 15 is 0 Å². The number of benzene rings is 4. The van der Waals surface area contributed by atoms with Crippen molar-refractivity contribution >= 4 is 65.7 Å². The monoisotopic (exact) mass is 573 g/mol. The Kier molecular flexibility index (Phi) is 6.59. The van der Waals surface area contributed by atoms with Crippen molar-refractivity contribution in [1.82, 2.24) is 4.98 Å². The van der Waals surface area contributed by atoms with Gasteiger partial charge in [-0.3, -0.25) is 9.44 Å². The van der Waals surface area contributed by atoms with E-state index in [-0.39, 0.29) is 15.7 Å². The predicted octanol–water partition coefficient (Wildman–Crippen LogP) is 6.40. The zero-order valence-electron chi connectivity index (χ0n) is 18.7. The normalized spacial score (nSPS) is 11.9. The van der Waals surface area contributed by atoms with Crippen LogP contribution in [0.5, 0.6) is 0 Å². The molecule has 0 aliphatic heterocycles. The molecule has 0 fully saturated rings. The van der Waals surface area contributed by atoms with Crippen molar-refractivity contribution in [3.05, 3.63) is 101 Å². The van der Waals surface area contributed by atoms with Gasteiger partial charge in [-0.15, -0.1) is 0 Å². The van der Waals surface area contributed by atoms with Crippen molar-refractivity contribution in [2.45, 2.75) is 9.79 Å². The summed E-state index contributed by atoms with van der Waals surface area (Å²) in [6.07, 6.45) is 0. The van der Waals surface area contributed by atoms with E-state index in [0.717, 1.165) is 0 Å². The Bertz CT molecular complexity index is 1840. The Morgan fingerprint density at radius 1 is 0.649 bits per heavy atom. The quantitative estimate of drug-likeness (QED) is 0.232.